The zero-order chi connectivity index (χ0) is 16.5. The largest absolute Gasteiger partial charge is 0.492 e. The molecule has 0 bridgehead atoms. The molecule has 2 aliphatic heterocycles. The lowest BCUT2D eigenvalue weighted by atomic mass is 9.95. The van der Waals surface area contributed by atoms with Crippen LogP contribution in [0.3, 0.4) is 0 Å². The molecular formula is C19H23N3O2. The summed E-state index contributed by atoms with van der Waals surface area (Å²) >= 11 is 0. The van der Waals surface area contributed by atoms with Crippen molar-refractivity contribution in [3.8, 4) is 5.75 Å². The van der Waals surface area contributed by atoms with Crippen LogP contribution >= 0.6 is 0 Å². The lowest BCUT2D eigenvalue weighted by molar-refractivity contribution is -0.138. The van der Waals surface area contributed by atoms with Gasteiger partial charge in [0.05, 0.1) is 24.7 Å². The van der Waals surface area contributed by atoms with Crippen molar-refractivity contribution in [3.05, 3.63) is 47.8 Å². The maximum absolute atomic E-state index is 13.0. The van der Waals surface area contributed by atoms with E-state index in [-0.39, 0.29) is 17.9 Å². The molecule has 2 aliphatic rings. The fourth-order valence-electron chi connectivity index (χ4n) is 3.82. The Labute approximate surface area is 142 Å². The predicted octanol–water partition coefficient (Wildman–Crippen LogP) is 2.43. The fraction of sp³-hybridized carbons (Fsp3) is 0.474. The van der Waals surface area contributed by atoms with Gasteiger partial charge in [0, 0.05) is 12.7 Å². The number of nitrogens with zero attached hydrogens (tertiary/aromatic N) is 3. The van der Waals surface area contributed by atoms with Crippen molar-refractivity contribution >= 4 is 5.91 Å². The third-order valence-corrected chi connectivity index (χ3v) is 5.05. The highest BCUT2D eigenvalue weighted by Crippen LogP contribution is 2.29. The summed E-state index contributed by atoms with van der Waals surface area (Å²) in [6.45, 7) is 4.16. The Morgan fingerprint density at radius 2 is 2.25 bits per heavy atom. The molecule has 126 valence electrons. The number of aryl methyl sites for hydroxylation is 1. The van der Waals surface area contributed by atoms with Crippen LogP contribution in [0.5, 0.6) is 5.75 Å². The molecule has 0 unspecified atom stereocenters. The van der Waals surface area contributed by atoms with E-state index in [9.17, 15) is 4.79 Å². The van der Waals surface area contributed by atoms with Crippen LogP contribution in [0.4, 0.5) is 0 Å². The van der Waals surface area contributed by atoms with Gasteiger partial charge in [0.15, 0.2) is 0 Å². The molecule has 1 fully saturated rings. The Hall–Kier alpha value is -2.30. The maximum Gasteiger partial charge on any atom is 0.229 e. The number of rotatable bonds is 3. The molecule has 3 heterocycles. The van der Waals surface area contributed by atoms with Crippen LogP contribution in [0.25, 0.3) is 0 Å². The molecule has 24 heavy (non-hydrogen) atoms. The highest BCUT2D eigenvalue weighted by molar-refractivity contribution is 5.80. The fourth-order valence-corrected chi connectivity index (χ4v) is 3.82. The normalized spacial score (nSPS) is 23.0. The van der Waals surface area contributed by atoms with Gasteiger partial charge in [-0.25, -0.2) is 0 Å². The van der Waals surface area contributed by atoms with E-state index in [0.29, 0.717) is 6.61 Å². The van der Waals surface area contributed by atoms with E-state index in [0.717, 1.165) is 49.2 Å². The second-order valence-electron chi connectivity index (χ2n) is 6.89. The van der Waals surface area contributed by atoms with E-state index < -0.39 is 0 Å². The second kappa shape index (κ2) is 6.30. The number of carbonyl (C=O) groups is 1. The van der Waals surface area contributed by atoms with Crippen LogP contribution in [-0.2, 0) is 17.8 Å². The van der Waals surface area contributed by atoms with Crippen molar-refractivity contribution in [3.63, 3.8) is 0 Å². The Kier molecular flexibility index (Phi) is 4.00. The van der Waals surface area contributed by atoms with Crippen LogP contribution in [0.15, 0.2) is 36.7 Å². The van der Waals surface area contributed by atoms with Gasteiger partial charge in [0.2, 0.25) is 5.91 Å². The van der Waals surface area contributed by atoms with E-state index in [1.807, 2.05) is 42.2 Å². The van der Waals surface area contributed by atoms with Crippen LogP contribution in [0.1, 0.15) is 24.0 Å². The van der Waals surface area contributed by atoms with Gasteiger partial charge >= 0.3 is 0 Å². The van der Waals surface area contributed by atoms with Crippen molar-refractivity contribution < 1.29 is 9.53 Å². The van der Waals surface area contributed by atoms with E-state index in [1.165, 1.54) is 0 Å². The number of ether oxygens (including phenoxy) is 1. The Balaban J connectivity index is 1.45. The quantitative estimate of drug-likeness (QED) is 0.871. The molecule has 0 aliphatic carbocycles. The zero-order valence-electron chi connectivity index (χ0n) is 14.0. The van der Waals surface area contributed by atoms with Gasteiger partial charge in [-0.05, 0) is 43.4 Å². The number of likely N-dealkylation sites (tertiary alicyclic amines) is 1. The van der Waals surface area contributed by atoms with Crippen molar-refractivity contribution in [1.29, 1.82) is 0 Å². The van der Waals surface area contributed by atoms with Crippen molar-refractivity contribution in [2.45, 2.75) is 38.8 Å². The van der Waals surface area contributed by atoms with Gasteiger partial charge in [0.25, 0.3) is 0 Å². The topological polar surface area (TPSA) is 47.4 Å². The first kappa shape index (κ1) is 15.2. The molecule has 0 N–H and O–H groups in total. The summed E-state index contributed by atoms with van der Waals surface area (Å²) in [5, 5.41) is 4.37. The average Bonchev–Trinajstić information content (AvgIpc) is 3.23. The Bertz CT molecular complexity index is 740. The molecule has 0 spiro atoms. The summed E-state index contributed by atoms with van der Waals surface area (Å²) in [4.78, 5) is 15.1. The molecule has 1 saturated heterocycles. The zero-order valence-corrected chi connectivity index (χ0v) is 14.0. The van der Waals surface area contributed by atoms with E-state index in [1.54, 1.807) is 0 Å². The van der Waals surface area contributed by atoms with Crippen LogP contribution in [0.2, 0.25) is 0 Å². The summed E-state index contributed by atoms with van der Waals surface area (Å²) in [7, 11) is 0. The molecule has 1 aromatic heterocycles. The van der Waals surface area contributed by atoms with Crippen molar-refractivity contribution in [2.24, 2.45) is 5.92 Å². The molecule has 0 radical (unpaired) electrons. The van der Waals surface area contributed by atoms with Gasteiger partial charge in [-0.1, -0.05) is 18.2 Å². The van der Waals surface area contributed by atoms with Crippen molar-refractivity contribution in [2.75, 3.05) is 13.2 Å². The highest BCUT2D eigenvalue weighted by atomic mass is 16.5. The number of amides is 1. The molecule has 5 heteroatoms. The van der Waals surface area contributed by atoms with E-state index in [4.69, 9.17) is 4.74 Å². The van der Waals surface area contributed by atoms with Crippen LogP contribution in [-0.4, -0.2) is 39.8 Å². The molecule has 2 aromatic rings. The maximum atomic E-state index is 13.0. The van der Waals surface area contributed by atoms with E-state index >= 15 is 0 Å². The third kappa shape index (κ3) is 2.90. The smallest absolute Gasteiger partial charge is 0.229 e. The first-order valence-electron chi connectivity index (χ1n) is 8.71. The molecular weight excluding hydrogens is 302 g/mol. The number of hydrogen-bond donors (Lipinski definition) is 0. The lowest BCUT2D eigenvalue weighted by Crippen LogP contribution is -2.44. The lowest BCUT2D eigenvalue weighted by Gasteiger charge is -2.31. The first-order chi connectivity index (χ1) is 11.7. The molecule has 0 saturated carbocycles. The minimum atomic E-state index is -0.0696. The predicted molar refractivity (Wildman–Crippen MR) is 90.8 cm³/mol. The molecule has 1 amide bonds. The minimum Gasteiger partial charge on any atom is -0.492 e. The monoisotopic (exact) mass is 325 g/mol. The summed E-state index contributed by atoms with van der Waals surface area (Å²) in [5.74, 6) is 1.09. The molecule has 5 nitrogen and oxygen atoms in total. The summed E-state index contributed by atoms with van der Waals surface area (Å²) in [6.07, 6.45) is 6.81. The molecule has 1 aromatic carbocycles. The number of fused-ring (bicyclic) bond motifs is 1. The third-order valence-electron chi connectivity index (χ3n) is 5.05. The number of para-hydroxylation sites is 1. The first-order valence-corrected chi connectivity index (χ1v) is 8.71. The van der Waals surface area contributed by atoms with Crippen LogP contribution < -0.4 is 4.74 Å². The van der Waals surface area contributed by atoms with Gasteiger partial charge in [-0.2, -0.15) is 5.10 Å². The summed E-state index contributed by atoms with van der Waals surface area (Å²) in [5.41, 5.74) is 2.30. The Morgan fingerprint density at radius 3 is 3.08 bits per heavy atom. The summed E-state index contributed by atoms with van der Waals surface area (Å²) in [6, 6.07) is 8.27. The highest BCUT2D eigenvalue weighted by Gasteiger charge is 2.35. The van der Waals surface area contributed by atoms with Gasteiger partial charge in [0.1, 0.15) is 12.4 Å². The summed E-state index contributed by atoms with van der Waals surface area (Å²) < 4.78 is 7.77. The van der Waals surface area contributed by atoms with Gasteiger partial charge in [-0.15, -0.1) is 0 Å². The number of benzene rings is 1. The van der Waals surface area contributed by atoms with Crippen molar-refractivity contribution in [1.82, 2.24) is 14.7 Å². The van der Waals surface area contributed by atoms with Crippen LogP contribution in [0, 0.1) is 12.8 Å². The molecule has 4 rings (SSSR count). The number of carbonyl (C=O) groups excluding carboxylic acids is 1. The standard InChI is InChI=1S/C19H23N3O2/c1-14-10-20-21(11-14)12-17-6-4-8-22(17)19(23)16-9-15-5-2-3-7-18(15)24-13-16/h2-3,5,7,10-11,16-17H,4,6,8-9,12-13H2,1H3/t16-,17+/m0/s1. The van der Waals surface area contributed by atoms with Gasteiger partial charge < -0.3 is 9.64 Å². The van der Waals surface area contributed by atoms with E-state index in [2.05, 4.69) is 16.1 Å². The second-order valence-corrected chi connectivity index (χ2v) is 6.89. The van der Waals surface area contributed by atoms with Gasteiger partial charge in [-0.3, -0.25) is 9.48 Å². The number of hydrogen-bond acceptors (Lipinski definition) is 3. The minimum absolute atomic E-state index is 0.0696. The number of aromatic nitrogens is 2. The average molecular weight is 325 g/mol. The Morgan fingerprint density at radius 1 is 1.38 bits per heavy atom. The SMILES string of the molecule is Cc1cnn(C[C@H]2CCCN2C(=O)[C@@H]2COc3ccccc3C2)c1. The molecule has 2 atom stereocenters.